The van der Waals surface area contributed by atoms with Gasteiger partial charge in [-0.15, -0.1) is 0 Å². The molecule has 4 heterocycles. The maximum atomic E-state index is 14.0. The van der Waals surface area contributed by atoms with E-state index in [2.05, 4.69) is 76.3 Å². The molecule has 4 unspecified atom stereocenters. The molecule has 3 aromatic carbocycles. The molecule has 304 valence electrons. The van der Waals surface area contributed by atoms with Crippen LogP contribution in [0, 0.1) is 17.3 Å². The lowest BCUT2D eigenvalue weighted by Gasteiger charge is -2.38. The summed E-state index contributed by atoms with van der Waals surface area (Å²) in [5.41, 5.74) is 5.06. The van der Waals surface area contributed by atoms with E-state index in [0.29, 0.717) is 12.5 Å². The molecule has 1 aromatic heterocycles. The summed E-state index contributed by atoms with van der Waals surface area (Å²) in [5, 5.41) is 8.75. The second-order valence-electron chi connectivity index (χ2n) is 18.6. The van der Waals surface area contributed by atoms with Gasteiger partial charge >= 0.3 is 12.2 Å². The number of methoxy groups -OCH3 is 1. The van der Waals surface area contributed by atoms with E-state index in [-0.39, 0.29) is 47.5 Å². The first-order valence-corrected chi connectivity index (χ1v) is 20.9. The quantitative estimate of drug-likeness (QED) is 0.164. The van der Waals surface area contributed by atoms with E-state index < -0.39 is 17.7 Å². The van der Waals surface area contributed by atoms with Gasteiger partial charge in [0, 0.05) is 18.2 Å². The Labute approximate surface area is 340 Å². The van der Waals surface area contributed by atoms with Gasteiger partial charge in [-0.25, -0.2) is 14.6 Å². The highest BCUT2D eigenvalue weighted by Crippen LogP contribution is 2.58. The predicted molar refractivity (Wildman–Crippen MR) is 223 cm³/mol. The van der Waals surface area contributed by atoms with E-state index in [0.717, 1.165) is 95.4 Å². The fourth-order valence-electron chi connectivity index (χ4n) is 9.85. The van der Waals surface area contributed by atoms with Crippen molar-refractivity contribution in [3.63, 3.8) is 0 Å². The molecule has 3 amide bonds. The Morgan fingerprint density at radius 1 is 0.948 bits per heavy atom. The van der Waals surface area contributed by atoms with E-state index in [4.69, 9.17) is 19.5 Å². The fraction of sp³-hybridized carbons (Fsp3) is 0.500. The summed E-state index contributed by atoms with van der Waals surface area (Å²) in [6.07, 6.45) is 7.24. The predicted octanol–water partition coefficient (Wildman–Crippen LogP) is 8.16. The molecule has 58 heavy (non-hydrogen) atoms. The number of nitrogens with one attached hydrogen (secondary N) is 3. The molecule has 2 saturated carbocycles. The first kappa shape index (κ1) is 38.1. The number of carbonyl (C=O) groups is 3. The van der Waals surface area contributed by atoms with Crippen LogP contribution in [0.15, 0.2) is 71.9 Å². The van der Waals surface area contributed by atoms with Crippen LogP contribution < -0.4 is 10.6 Å². The third-order valence-electron chi connectivity index (χ3n) is 13.1. The average Bonchev–Trinajstić information content (AvgIpc) is 3.83. The number of fused-ring (bicyclic) bond motifs is 3. The topological polar surface area (TPSA) is 141 Å². The zero-order valence-electron chi connectivity index (χ0n) is 34.4. The normalized spacial score (nSPS) is 24.9. The summed E-state index contributed by atoms with van der Waals surface area (Å²) >= 11 is 0. The third kappa shape index (κ3) is 7.19. The zero-order chi connectivity index (χ0) is 40.5. The molecule has 5 aliphatic rings. The van der Waals surface area contributed by atoms with Crippen LogP contribution in [0.2, 0.25) is 0 Å². The number of carbonyl (C=O) groups excluding carboxylic acids is 3. The summed E-state index contributed by atoms with van der Waals surface area (Å²) in [7, 11) is 1.32. The van der Waals surface area contributed by atoms with Gasteiger partial charge < -0.3 is 30.0 Å². The summed E-state index contributed by atoms with van der Waals surface area (Å²) in [6, 6.07) is 21.0. The molecular weight excluding hydrogens is 731 g/mol. The van der Waals surface area contributed by atoms with Crippen LogP contribution in [0.5, 0.6) is 0 Å². The molecule has 6 atom stereocenters. The van der Waals surface area contributed by atoms with E-state index in [1.54, 1.807) is 0 Å². The Morgan fingerprint density at radius 3 is 2.34 bits per heavy atom. The summed E-state index contributed by atoms with van der Waals surface area (Å²) in [6.45, 7) is 10.9. The standard InChI is InChI=1S/C46H55N7O5/c1-26(2)38(51-43(55)57-6)42(54)53-34-16-15-33(21-34)39(53)41-48-23-35(50-41)28-9-7-27(8-10-28)29-11-12-31-20-32(14-13-30(31)19-29)36-24-47-40(49-36)37-22-46(17-18-46)25-52(37)44(56)58-45(3,4)5/h7-14,19-20,24,26,33-35,37-39H,15-18,21-23,25H2,1-6H3,(H,47,49)(H,48,50)(H,51,55)/t33?,34?,35?,37-,38-,39?/m0/s1. The number of H-pyrrole nitrogens is 1. The van der Waals surface area contributed by atoms with Crippen LogP contribution in [0.3, 0.4) is 0 Å². The molecule has 3 N–H and O–H groups in total. The second-order valence-corrected chi connectivity index (χ2v) is 18.6. The molecular formula is C46H55N7O5. The largest absolute Gasteiger partial charge is 0.453 e. The maximum Gasteiger partial charge on any atom is 0.410 e. The lowest BCUT2D eigenvalue weighted by atomic mass is 9.95. The molecule has 0 radical (unpaired) electrons. The second kappa shape index (κ2) is 14.5. The number of aromatic amines is 1. The fourth-order valence-corrected chi connectivity index (χ4v) is 9.85. The first-order valence-electron chi connectivity index (χ1n) is 20.9. The third-order valence-corrected chi connectivity index (χ3v) is 13.1. The van der Waals surface area contributed by atoms with Gasteiger partial charge in [0.1, 0.15) is 23.3 Å². The van der Waals surface area contributed by atoms with Crippen molar-refractivity contribution in [1.29, 1.82) is 0 Å². The highest BCUT2D eigenvalue weighted by atomic mass is 16.6. The van der Waals surface area contributed by atoms with Gasteiger partial charge in [-0.1, -0.05) is 62.4 Å². The van der Waals surface area contributed by atoms with Gasteiger partial charge in [-0.2, -0.15) is 0 Å². The number of imidazole rings is 1. The number of amides is 3. The van der Waals surface area contributed by atoms with Crippen LogP contribution in [0.4, 0.5) is 9.59 Å². The lowest BCUT2D eigenvalue weighted by molar-refractivity contribution is -0.137. The van der Waals surface area contributed by atoms with Gasteiger partial charge in [0.15, 0.2) is 0 Å². The monoisotopic (exact) mass is 785 g/mol. The molecule has 2 bridgehead atoms. The van der Waals surface area contributed by atoms with Crippen molar-refractivity contribution < 1.29 is 23.9 Å². The number of benzene rings is 3. The van der Waals surface area contributed by atoms with Gasteiger partial charge in [-0.05, 0) is 116 Å². The molecule has 2 aliphatic carbocycles. The molecule has 12 nitrogen and oxygen atoms in total. The average molecular weight is 786 g/mol. The number of ether oxygens (including phenoxy) is 2. The van der Waals surface area contributed by atoms with Crippen LogP contribution in [0.25, 0.3) is 33.2 Å². The number of piperidine rings is 1. The number of aromatic nitrogens is 2. The van der Waals surface area contributed by atoms with Gasteiger partial charge in [-0.3, -0.25) is 14.7 Å². The molecule has 3 aliphatic heterocycles. The number of nitrogens with zero attached hydrogens (tertiary/aromatic N) is 4. The van der Waals surface area contributed by atoms with Crippen LogP contribution in [-0.2, 0) is 14.3 Å². The highest BCUT2D eigenvalue weighted by molar-refractivity contribution is 5.96. The number of likely N-dealkylation sites (tertiary alicyclic amines) is 2. The van der Waals surface area contributed by atoms with Crippen LogP contribution in [0.1, 0.15) is 96.6 Å². The SMILES string of the molecule is COC(=O)N[C@H](C(=O)N1C2CCC(C2)C1C1=NCC(c2ccc(-c3ccc4cc(-c5cnc([C@@H]6CC7(CC7)CN6C(=O)OC(C)(C)C)[nH]5)ccc4c3)cc2)N1)C(C)C. The van der Waals surface area contributed by atoms with Gasteiger partial charge in [0.05, 0.1) is 43.7 Å². The van der Waals surface area contributed by atoms with Crippen molar-refractivity contribution >= 4 is 34.7 Å². The minimum Gasteiger partial charge on any atom is -0.453 e. The van der Waals surface area contributed by atoms with Crippen molar-refractivity contribution in [2.45, 2.75) is 109 Å². The first-order chi connectivity index (χ1) is 27.8. The Hall–Kier alpha value is -5.39. The smallest absolute Gasteiger partial charge is 0.410 e. The molecule has 4 aromatic rings. The van der Waals surface area contributed by atoms with Gasteiger partial charge in [0.25, 0.3) is 0 Å². The van der Waals surface area contributed by atoms with E-state index >= 15 is 0 Å². The number of hydrogen-bond donors (Lipinski definition) is 3. The van der Waals surface area contributed by atoms with E-state index in [9.17, 15) is 14.4 Å². The van der Waals surface area contributed by atoms with Crippen LogP contribution >= 0.6 is 0 Å². The molecule has 2 saturated heterocycles. The van der Waals surface area contributed by atoms with E-state index in [1.165, 1.54) is 7.11 Å². The highest BCUT2D eigenvalue weighted by Gasteiger charge is 2.55. The number of rotatable bonds is 8. The van der Waals surface area contributed by atoms with Gasteiger partial charge in [0.2, 0.25) is 5.91 Å². The minimum atomic E-state index is -0.655. The van der Waals surface area contributed by atoms with E-state index in [1.807, 2.05) is 50.6 Å². The minimum absolute atomic E-state index is 0.0242. The number of aliphatic imine (C=N–C) groups is 1. The summed E-state index contributed by atoms with van der Waals surface area (Å²) in [4.78, 5) is 56.5. The molecule has 9 rings (SSSR count). The van der Waals surface area contributed by atoms with Crippen molar-refractivity contribution in [3.05, 3.63) is 78.2 Å². The Bertz CT molecular complexity index is 2270. The van der Waals surface area contributed by atoms with Crippen molar-refractivity contribution in [3.8, 4) is 22.4 Å². The maximum absolute atomic E-state index is 14.0. The van der Waals surface area contributed by atoms with Crippen molar-refractivity contribution in [1.82, 2.24) is 30.4 Å². The van der Waals surface area contributed by atoms with Crippen LogP contribution in [-0.4, -0.2) is 87.6 Å². The molecule has 1 spiro atoms. The Kier molecular flexibility index (Phi) is 9.51. The van der Waals surface area contributed by atoms with Crippen molar-refractivity contribution in [2.24, 2.45) is 22.2 Å². The Balaban J connectivity index is 0.865. The molecule has 12 heteroatoms. The number of amidine groups is 1. The lowest BCUT2D eigenvalue weighted by Crippen LogP contribution is -2.59. The summed E-state index contributed by atoms with van der Waals surface area (Å²) in [5.74, 6) is 1.91. The number of hydrogen-bond acceptors (Lipinski definition) is 8. The molecule has 4 fully saturated rings. The van der Waals surface area contributed by atoms with Crippen molar-refractivity contribution in [2.75, 3.05) is 20.2 Å². The zero-order valence-corrected chi connectivity index (χ0v) is 34.4. The Morgan fingerprint density at radius 2 is 1.66 bits per heavy atom. The summed E-state index contributed by atoms with van der Waals surface area (Å²) < 4.78 is 10.6. The number of alkyl carbamates (subject to hydrolysis) is 1.